The highest BCUT2D eigenvalue weighted by molar-refractivity contribution is 4.49. The molecule has 0 saturated carbocycles. The second-order valence-electron chi connectivity index (χ2n) is 3.98. The standard InChI is InChI=1S/C10H23N3O4/c1-3-5-7-9-11(13(16)17)12(15)10(14)8-6-4-2/h10,14-15H,3-9H2,1-2H3. The van der Waals surface area contributed by atoms with Gasteiger partial charge in [-0.2, -0.15) is 0 Å². The van der Waals surface area contributed by atoms with Crippen LogP contribution in [0.4, 0.5) is 0 Å². The van der Waals surface area contributed by atoms with Crippen molar-refractivity contribution in [3.63, 3.8) is 0 Å². The van der Waals surface area contributed by atoms with Gasteiger partial charge < -0.3 is 5.11 Å². The molecule has 0 aliphatic rings. The maximum atomic E-state index is 10.7. The molecule has 7 heteroatoms. The van der Waals surface area contributed by atoms with Gasteiger partial charge >= 0.3 is 0 Å². The van der Waals surface area contributed by atoms with Gasteiger partial charge in [0.05, 0.1) is 6.54 Å². The maximum Gasteiger partial charge on any atom is 0.178 e. The number of aliphatic hydroxyl groups is 1. The fourth-order valence-corrected chi connectivity index (χ4v) is 1.42. The predicted molar refractivity (Wildman–Crippen MR) is 62.4 cm³/mol. The van der Waals surface area contributed by atoms with E-state index in [0.717, 1.165) is 19.3 Å². The van der Waals surface area contributed by atoms with Gasteiger partial charge in [-0.3, -0.25) is 5.21 Å². The van der Waals surface area contributed by atoms with Gasteiger partial charge in [0.25, 0.3) is 0 Å². The Bertz CT molecular complexity index is 216. The van der Waals surface area contributed by atoms with E-state index < -0.39 is 11.3 Å². The number of nitro groups is 1. The van der Waals surface area contributed by atoms with Crippen LogP contribution in [-0.2, 0) is 0 Å². The van der Waals surface area contributed by atoms with Crippen LogP contribution < -0.4 is 0 Å². The summed E-state index contributed by atoms with van der Waals surface area (Å²) in [5.74, 6) is 0. The number of aliphatic hydroxyl groups excluding tert-OH is 1. The number of hydrazine groups is 2. The van der Waals surface area contributed by atoms with Crippen LogP contribution >= 0.6 is 0 Å². The highest BCUT2D eigenvalue weighted by Crippen LogP contribution is 2.09. The van der Waals surface area contributed by atoms with Gasteiger partial charge in [0, 0.05) is 0 Å². The maximum absolute atomic E-state index is 10.7. The summed E-state index contributed by atoms with van der Waals surface area (Å²) in [5.41, 5.74) is 0. The van der Waals surface area contributed by atoms with Crippen LogP contribution in [-0.4, -0.2) is 38.4 Å². The van der Waals surface area contributed by atoms with E-state index in [0.29, 0.717) is 29.6 Å². The van der Waals surface area contributed by atoms with E-state index >= 15 is 0 Å². The summed E-state index contributed by atoms with van der Waals surface area (Å²) < 4.78 is 0. The Morgan fingerprint density at radius 2 is 1.82 bits per heavy atom. The van der Waals surface area contributed by atoms with Gasteiger partial charge in [0.2, 0.25) is 0 Å². The highest BCUT2D eigenvalue weighted by atomic mass is 16.7. The van der Waals surface area contributed by atoms with E-state index in [1.165, 1.54) is 0 Å². The molecular weight excluding hydrogens is 226 g/mol. The van der Waals surface area contributed by atoms with Crippen molar-refractivity contribution < 1.29 is 15.3 Å². The molecule has 0 aromatic heterocycles. The van der Waals surface area contributed by atoms with E-state index in [-0.39, 0.29) is 6.54 Å². The fourth-order valence-electron chi connectivity index (χ4n) is 1.42. The molecule has 0 bridgehead atoms. The van der Waals surface area contributed by atoms with Gasteiger partial charge in [-0.15, -0.1) is 0 Å². The summed E-state index contributed by atoms with van der Waals surface area (Å²) >= 11 is 0. The zero-order valence-electron chi connectivity index (χ0n) is 10.6. The minimum Gasteiger partial charge on any atom is -0.374 e. The van der Waals surface area contributed by atoms with Crippen molar-refractivity contribution in [2.45, 2.75) is 58.6 Å². The second-order valence-corrected chi connectivity index (χ2v) is 3.98. The van der Waals surface area contributed by atoms with Crippen LogP contribution in [0.5, 0.6) is 0 Å². The number of nitrogens with zero attached hydrogens (tertiary/aromatic N) is 3. The fraction of sp³-hybridized carbons (Fsp3) is 1.00. The van der Waals surface area contributed by atoms with Crippen molar-refractivity contribution in [3.05, 3.63) is 10.1 Å². The van der Waals surface area contributed by atoms with E-state index in [1.54, 1.807) is 0 Å². The van der Waals surface area contributed by atoms with Crippen molar-refractivity contribution in [1.82, 2.24) is 10.3 Å². The summed E-state index contributed by atoms with van der Waals surface area (Å²) in [5, 5.41) is 30.0. The van der Waals surface area contributed by atoms with Crippen molar-refractivity contribution >= 4 is 0 Å². The summed E-state index contributed by atoms with van der Waals surface area (Å²) in [4.78, 5) is 10.7. The minimum atomic E-state index is -1.22. The van der Waals surface area contributed by atoms with Crippen LogP contribution in [0, 0.1) is 10.1 Å². The molecule has 0 rings (SSSR count). The average molecular weight is 249 g/mol. The number of rotatable bonds is 10. The Morgan fingerprint density at radius 3 is 2.29 bits per heavy atom. The number of hydrogen-bond donors (Lipinski definition) is 2. The third-order valence-electron chi connectivity index (χ3n) is 2.47. The van der Waals surface area contributed by atoms with Crippen LogP contribution in [0.3, 0.4) is 0 Å². The largest absolute Gasteiger partial charge is 0.374 e. The van der Waals surface area contributed by atoms with Gasteiger partial charge in [0.1, 0.15) is 0 Å². The molecular formula is C10H23N3O4. The first-order valence-electron chi connectivity index (χ1n) is 6.12. The predicted octanol–water partition coefficient (Wildman–Crippen LogP) is 1.79. The lowest BCUT2D eigenvalue weighted by Gasteiger charge is -2.25. The lowest BCUT2D eigenvalue weighted by Crippen LogP contribution is -2.50. The van der Waals surface area contributed by atoms with Crippen LogP contribution in [0.1, 0.15) is 52.4 Å². The number of hydrogen-bond acceptors (Lipinski definition) is 5. The molecule has 7 nitrogen and oxygen atoms in total. The van der Waals surface area contributed by atoms with E-state index in [2.05, 4.69) is 0 Å². The first-order chi connectivity index (χ1) is 8.04. The normalized spacial score (nSPS) is 12.8. The van der Waals surface area contributed by atoms with Crippen LogP contribution in [0.15, 0.2) is 0 Å². The highest BCUT2D eigenvalue weighted by Gasteiger charge is 2.27. The smallest absolute Gasteiger partial charge is 0.178 e. The third-order valence-corrected chi connectivity index (χ3v) is 2.47. The molecule has 1 atom stereocenters. The monoisotopic (exact) mass is 249 g/mol. The Hall–Kier alpha value is -0.920. The van der Waals surface area contributed by atoms with E-state index in [9.17, 15) is 20.4 Å². The van der Waals surface area contributed by atoms with Gasteiger partial charge in [-0.1, -0.05) is 33.1 Å². The SMILES string of the molecule is CCCCCN(N(O)C(O)CCCC)[N+](=O)[O-]. The van der Waals surface area contributed by atoms with Gasteiger partial charge in [-0.25, -0.2) is 10.1 Å². The molecule has 0 fully saturated rings. The van der Waals surface area contributed by atoms with Gasteiger partial charge in [0.15, 0.2) is 11.3 Å². The summed E-state index contributed by atoms with van der Waals surface area (Å²) in [6.45, 7) is 4.03. The molecule has 0 heterocycles. The Morgan fingerprint density at radius 1 is 1.24 bits per heavy atom. The molecule has 0 aromatic rings. The summed E-state index contributed by atoms with van der Waals surface area (Å²) in [7, 11) is 0. The Labute approximate surface area is 102 Å². The first kappa shape index (κ1) is 16.1. The van der Waals surface area contributed by atoms with Crippen molar-refractivity contribution in [2.75, 3.05) is 6.54 Å². The van der Waals surface area contributed by atoms with Crippen molar-refractivity contribution in [3.8, 4) is 0 Å². The van der Waals surface area contributed by atoms with E-state index in [1.807, 2.05) is 13.8 Å². The van der Waals surface area contributed by atoms with E-state index in [4.69, 9.17) is 0 Å². The summed E-state index contributed by atoms with van der Waals surface area (Å²) in [6.07, 6.45) is 3.05. The quantitative estimate of drug-likeness (QED) is 0.265. The second kappa shape index (κ2) is 9.15. The molecule has 1 unspecified atom stereocenters. The zero-order chi connectivity index (χ0) is 13.3. The minimum absolute atomic E-state index is 0.0977. The molecule has 17 heavy (non-hydrogen) atoms. The molecule has 0 aromatic carbocycles. The van der Waals surface area contributed by atoms with Crippen molar-refractivity contribution in [1.29, 1.82) is 0 Å². The molecule has 0 radical (unpaired) electrons. The van der Waals surface area contributed by atoms with Crippen LogP contribution in [0.2, 0.25) is 0 Å². The molecule has 0 aliphatic carbocycles. The topological polar surface area (TPSA) is 90.1 Å². The zero-order valence-corrected chi connectivity index (χ0v) is 10.6. The first-order valence-corrected chi connectivity index (χ1v) is 6.12. The molecule has 0 saturated heterocycles. The molecule has 102 valence electrons. The average Bonchev–Trinajstić information content (AvgIpc) is 2.30. The third kappa shape index (κ3) is 6.40. The Balaban J connectivity index is 4.22. The molecule has 0 amide bonds. The molecule has 2 N–H and O–H groups in total. The number of unbranched alkanes of at least 4 members (excludes halogenated alkanes) is 3. The summed E-state index contributed by atoms with van der Waals surface area (Å²) in [6, 6.07) is 0. The molecule has 0 aliphatic heterocycles. The lowest BCUT2D eigenvalue weighted by molar-refractivity contribution is -0.731. The van der Waals surface area contributed by atoms with Gasteiger partial charge in [-0.05, 0) is 29.6 Å². The van der Waals surface area contributed by atoms with Crippen molar-refractivity contribution in [2.24, 2.45) is 0 Å². The number of hydroxylamine groups is 1. The van der Waals surface area contributed by atoms with Crippen LogP contribution in [0.25, 0.3) is 0 Å². The Kier molecular flexibility index (Phi) is 8.65. The molecule has 0 spiro atoms. The lowest BCUT2D eigenvalue weighted by atomic mass is 10.2.